The summed E-state index contributed by atoms with van der Waals surface area (Å²) in [6, 6.07) is 14.4. The zero-order valence-corrected chi connectivity index (χ0v) is 24.3. The molecule has 0 radical (unpaired) electrons. The fourth-order valence-corrected chi connectivity index (χ4v) is 4.64. The number of rotatable bonds is 9. The fourth-order valence-electron chi connectivity index (χ4n) is 4.64. The van der Waals surface area contributed by atoms with Crippen LogP contribution in [-0.4, -0.2) is 50.7 Å². The summed E-state index contributed by atoms with van der Waals surface area (Å²) in [4.78, 5) is 41.3. The minimum absolute atomic E-state index is 0.156. The molecule has 1 unspecified atom stereocenters. The van der Waals surface area contributed by atoms with E-state index in [1.807, 2.05) is 6.07 Å². The predicted octanol–water partition coefficient (Wildman–Crippen LogP) is 5.23. The molecule has 2 aromatic heterocycles. The van der Waals surface area contributed by atoms with Crippen molar-refractivity contribution in [2.75, 3.05) is 17.7 Å². The number of alkyl halides is 3. The summed E-state index contributed by atoms with van der Waals surface area (Å²) >= 11 is 0. The van der Waals surface area contributed by atoms with Crippen LogP contribution in [0.4, 0.5) is 24.5 Å². The van der Waals surface area contributed by atoms with Crippen LogP contribution in [0.2, 0.25) is 0 Å². The van der Waals surface area contributed by atoms with Crippen molar-refractivity contribution in [2.45, 2.75) is 32.6 Å². The van der Waals surface area contributed by atoms with Gasteiger partial charge < -0.3 is 25.3 Å². The number of aromatic nitrogens is 4. The van der Waals surface area contributed by atoms with Gasteiger partial charge in [-0.2, -0.15) is 18.3 Å². The zero-order valence-electron chi connectivity index (χ0n) is 24.3. The SMILES string of the molecule is COC(=O)C(C)NC(=O)c1[nH]nc2cc(NCc3cccc(NC(=O)c4cc(-n5cncc5C)cc(C(F)(F)F)c4)c3)ccc12. The van der Waals surface area contributed by atoms with Crippen LogP contribution in [0, 0.1) is 6.92 Å². The van der Waals surface area contributed by atoms with Gasteiger partial charge >= 0.3 is 12.1 Å². The van der Waals surface area contributed by atoms with Gasteiger partial charge in [-0.3, -0.25) is 14.7 Å². The number of hydrogen-bond acceptors (Lipinski definition) is 7. The van der Waals surface area contributed by atoms with Gasteiger partial charge in [0.1, 0.15) is 11.7 Å². The maximum absolute atomic E-state index is 13.7. The van der Waals surface area contributed by atoms with Gasteiger partial charge in [0.05, 0.1) is 24.5 Å². The molecular formula is C31H28F3N7O4. The van der Waals surface area contributed by atoms with E-state index in [-0.39, 0.29) is 16.9 Å². The number of fused-ring (bicyclic) bond motifs is 1. The third-order valence-electron chi connectivity index (χ3n) is 6.98. The highest BCUT2D eigenvalue weighted by Crippen LogP contribution is 2.32. The number of ether oxygens (including phenoxy) is 1. The molecule has 2 heterocycles. The van der Waals surface area contributed by atoms with Gasteiger partial charge in [0.2, 0.25) is 0 Å². The maximum Gasteiger partial charge on any atom is 0.416 e. The smallest absolute Gasteiger partial charge is 0.416 e. The summed E-state index contributed by atoms with van der Waals surface area (Å²) in [5.41, 5.74) is 2.27. The lowest BCUT2D eigenvalue weighted by Gasteiger charge is -2.14. The largest absolute Gasteiger partial charge is 0.467 e. The van der Waals surface area contributed by atoms with Crippen molar-refractivity contribution in [3.63, 3.8) is 0 Å². The van der Waals surface area contributed by atoms with E-state index in [1.165, 1.54) is 37.2 Å². The minimum Gasteiger partial charge on any atom is -0.467 e. The first-order chi connectivity index (χ1) is 21.4. The maximum atomic E-state index is 13.7. The van der Waals surface area contributed by atoms with Crippen LogP contribution < -0.4 is 16.0 Å². The average Bonchev–Trinajstić information content (AvgIpc) is 3.65. The van der Waals surface area contributed by atoms with Gasteiger partial charge in [0.15, 0.2) is 0 Å². The Morgan fingerprint density at radius 2 is 1.82 bits per heavy atom. The van der Waals surface area contributed by atoms with Crippen LogP contribution in [-0.2, 0) is 22.3 Å². The number of benzene rings is 3. The molecule has 0 aliphatic rings. The quantitative estimate of drug-likeness (QED) is 0.166. The zero-order chi connectivity index (χ0) is 32.3. The summed E-state index contributed by atoms with van der Waals surface area (Å²) < 4.78 is 47.1. The molecule has 0 aliphatic heterocycles. The van der Waals surface area contributed by atoms with Crippen LogP contribution in [0.1, 0.15) is 44.6 Å². The highest BCUT2D eigenvalue weighted by atomic mass is 19.4. The number of nitrogens with zero attached hydrogens (tertiary/aromatic N) is 3. The highest BCUT2D eigenvalue weighted by molar-refractivity contribution is 6.06. The number of esters is 1. The Morgan fingerprint density at radius 3 is 2.53 bits per heavy atom. The molecule has 0 fully saturated rings. The third kappa shape index (κ3) is 6.95. The second-order valence-electron chi connectivity index (χ2n) is 10.2. The summed E-state index contributed by atoms with van der Waals surface area (Å²) in [7, 11) is 1.23. The molecule has 4 N–H and O–H groups in total. The number of amides is 2. The number of aryl methyl sites for hydroxylation is 1. The van der Waals surface area contributed by atoms with Crippen LogP contribution in [0.3, 0.4) is 0 Å². The van der Waals surface area contributed by atoms with Crippen molar-refractivity contribution in [1.29, 1.82) is 0 Å². The second kappa shape index (κ2) is 12.5. The molecule has 0 bridgehead atoms. The van der Waals surface area contributed by atoms with Crippen LogP contribution >= 0.6 is 0 Å². The van der Waals surface area contributed by atoms with Crippen molar-refractivity contribution >= 4 is 40.1 Å². The Balaban J connectivity index is 1.27. The molecule has 1 atom stereocenters. The molecule has 0 saturated carbocycles. The first-order valence-electron chi connectivity index (χ1n) is 13.7. The van der Waals surface area contributed by atoms with Crippen molar-refractivity contribution in [3.05, 3.63) is 101 Å². The number of nitrogens with one attached hydrogen (secondary N) is 4. The standard InChI is InChI=1S/C31H28F3N7O4/c1-17-14-35-16-41(17)24-11-20(10-21(12-24)31(32,33)34)28(42)38-23-6-4-5-19(9-23)15-36-22-7-8-25-26(13-22)39-40-27(25)29(43)37-18(2)30(44)45-3/h4-14,16,18,36H,15H2,1-3H3,(H,37,43)(H,38,42)(H,39,40). The van der Waals surface area contributed by atoms with Gasteiger partial charge in [-0.15, -0.1) is 0 Å². The number of imidazole rings is 1. The number of hydrogen-bond donors (Lipinski definition) is 4. The predicted molar refractivity (Wildman–Crippen MR) is 160 cm³/mol. The monoisotopic (exact) mass is 619 g/mol. The van der Waals surface area contributed by atoms with Gasteiger partial charge in [0, 0.05) is 46.4 Å². The van der Waals surface area contributed by atoms with Crippen LogP contribution in [0.25, 0.3) is 16.6 Å². The molecule has 0 saturated heterocycles. The summed E-state index contributed by atoms with van der Waals surface area (Å²) in [5, 5.41) is 15.9. The third-order valence-corrected chi connectivity index (χ3v) is 6.98. The number of carbonyl (C=O) groups excluding carboxylic acids is 3. The lowest BCUT2D eigenvalue weighted by Crippen LogP contribution is -2.39. The van der Waals surface area contributed by atoms with E-state index < -0.39 is 35.6 Å². The first-order valence-corrected chi connectivity index (χ1v) is 13.7. The fraction of sp³-hybridized carbons (Fsp3) is 0.194. The molecule has 11 nitrogen and oxygen atoms in total. The van der Waals surface area contributed by atoms with Gasteiger partial charge in [-0.1, -0.05) is 12.1 Å². The van der Waals surface area contributed by atoms with Gasteiger partial charge in [0.25, 0.3) is 11.8 Å². The van der Waals surface area contributed by atoms with Crippen molar-refractivity contribution < 1.29 is 32.3 Å². The van der Waals surface area contributed by atoms with E-state index in [0.29, 0.717) is 34.5 Å². The average molecular weight is 620 g/mol. The Bertz CT molecular complexity index is 1900. The Kier molecular flexibility index (Phi) is 8.57. The number of carbonyl (C=O) groups is 3. The summed E-state index contributed by atoms with van der Waals surface area (Å²) in [6.45, 7) is 3.55. The van der Waals surface area contributed by atoms with Crippen molar-refractivity contribution in [2.24, 2.45) is 0 Å². The summed E-state index contributed by atoms with van der Waals surface area (Å²) in [6.07, 6.45) is -1.75. The van der Waals surface area contributed by atoms with Crippen LogP contribution in [0.5, 0.6) is 0 Å². The Hall–Kier alpha value is -5.66. The van der Waals surface area contributed by atoms with Gasteiger partial charge in [-0.25, -0.2) is 9.78 Å². The van der Waals surface area contributed by atoms with E-state index in [4.69, 9.17) is 0 Å². The first kappa shape index (κ1) is 30.8. The van der Waals surface area contributed by atoms with Crippen molar-refractivity contribution in [1.82, 2.24) is 25.1 Å². The van der Waals surface area contributed by atoms with E-state index in [2.05, 4.69) is 35.9 Å². The molecule has 3 aromatic carbocycles. The van der Waals surface area contributed by atoms with E-state index in [0.717, 1.165) is 17.7 Å². The molecule has 0 aliphatic carbocycles. The molecule has 45 heavy (non-hydrogen) atoms. The normalized spacial score (nSPS) is 12.0. The molecule has 5 aromatic rings. The molecule has 14 heteroatoms. The van der Waals surface area contributed by atoms with Gasteiger partial charge in [-0.05, 0) is 67.9 Å². The summed E-state index contributed by atoms with van der Waals surface area (Å²) in [5.74, 6) is -1.78. The van der Waals surface area contributed by atoms with E-state index in [1.54, 1.807) is 43.3 Å². The highest BCUT2D eigenvalue weighted by Gasteiger charge is 2.32. The number of halogens is 3. The topological polar surface area (TPSA) is 143 Å². The Labute approximate surface area is 254 Å². The number of aromatic amines is 1. The molecular weight excluding hydrogens is 591 g/mol. The van der Waals surface area contributed by atoms with Crippen LogP contribution in [0.15, 0.2) is 73.2 Å². The van der Waals surface area contributed by atoms with E-state index in [9.17, 15) is 27.6 Å². The number of H-pyrrole nitrogens is 1. The Morgan fingerprint density at radius 1 is 1.02 bits per heavy atom. The molecule has 232 valence electrons. The van der Waals surface area contributed by atoms with E-state index >= 15 is 0 Å². The van der Waals surface area contributed by atoms with Crippen molar-refractivity contribution in [3.8, 4) is 5.69 Å². The number of methoxy groups -OCH3 is 1. The minimum atomic E-state index is -4.65. The second-order valence-corrected chi connectivity index (χ2v) is 10.2. The number of anilines is 2. The molecule has 2 amide bonds. The molecule has 0 spiro atoms. The molecule has 5 rings (SSSR count). The lowest BCUT2D eigenvalue weighted by molar-refractivity contribution is -0.142. The lowest BCUT2D eigenvalue weighted by atomic mass is 10.1.